The van der Waals surface area contributed by atoms with Crippen molar-refractivity contribution in [2.45, 2.75) is 38.5 Å². The summed E-state index contributed by atoms with van der Waals surface area (Å²) in [6, 6.07) is 19.4. The third-order valence-electron chi connectivity index (χ3n) is 5.48. The number of likely N-dealkylation sites (tertiary alicyclic amines) is 1. The molecule has 0 aliphatic carbocycles. The van der Waals surface area contributed by atoms with Gasteiger partial charge in [-0.1, -0.05) is 48.9 Å². The van der Waals surface area contributed by atoms with Crippen LogP contribution in [-0.4, -0.2) is 31.6 Å². The second-order valence-corrected chi connectivity index (χ2v) is 7.26. The molecule has 2 heteroatoms. The van der Waals surface area contributed by atoms with E-state index in [9.17, 15) is 0 Å². The molecule has 2 aromatic carbocycles. The van der Waals surface area contributed by atoms with Gasteiger partial charge in [-0.2, -0.15) is 0 Å². The number of aryl methyl sites for hydroxylation is 1. The van der Waals surface area contributed by atoms with Crippen LogP contribution >= 0.6 is 0 Å². The fourth-order valence-electron chi connectivity index (χ4n) is 3.85. The summed E-state index contributed by atoms with van der Waals surface area (Å²) in [6.07, 6.45) is 7.81. The number of hydrogen-bond acceptors (Lipinski definition) is 2. The molecule has 0 aromatic heterocycles. The first kappa shape index (κ1) is 18.0. The van der Waals surface area contributed by atoms with E-state index in [4.69, 9.17) is 4.74 Å². The molecule has 1 fully saturated rings. The van der Waals surface area contributed by atoms with Gasteiger partial charge in [-0.25, -0.2) is 0 Å². The van der Waals surface area contributed by atoms with Crippen LogP contribution in [-0.2, 0) is 12.8 Å². The van der Waals surface area contributed by atoms with E-state index in [2.05, 4.69) is 53.4 Å². The van der Waals surface area contributed by atoms with Crippen LogP contribution in [0.1, 0.15) is 36.8 Å². The summed E-state index contributed by atoms with van der Waals surface area (Å²) >= 11 is 0. The van der Waals surface area contributed by atoms with Crippen molar-refractivity contribution in [2.24, 2.45) is 5.92 Å². The molecule has 0 bridgehead atoms. The summed E-state index contributed by atoms with van der Waals surface area (Å²) in [7, 11) is 1.74. The van der Waals surface area contributed by atoms with Crippen molar-refractivity contribution in [3.8, 4) is 5.75 Å². The lowest BCUT2D eigenvalue weighted by atomic mass is 9.90. The minimum Gasteiger partial charge on any atom is -0.497 e. The van der Waals surface area contributed by atoms with Crippen molar-refractivity contribution in [2.75, 3.05) is 26.7 Å². The van der Waals surface area contributed by atoms with Crippen molar-refractivity contribution < 1.29 is 4.74 Å². The summed E-state index contributed by atoms with van der Waals surface area (Å²) < 4.78 is 5.32. The highest BCUT2D eigenvalue weighted by atomic mass is 16.5. The number of methoxy groups -OCH3 is 1. The Balaban J connectivity index is 1.33. The van der Waals surface area contributed by atoms with Gasteiger partial charge in [-0.3, -0.25) is 0 Å². The quantitative estimate of drug-likeness (QED) is 0.674. The minimum absolute atomic E-state index is 0.928. The minimum atomic E-state index is 0.928. The van der Waals surface area contributed by atoms with E-state index in [1.54, 1.807) is 7.11 Å². The molecule has 0 spiro atoms. The van der Waals surface area contributed by atoms with Crippen molar-refractivity contribution in [3.63, 3.8) is 0 Å². The van der Waals surface area contributed by atoms with Gasteiger partial charge in [0.05, 0.1) is 7.11 Å². The van der Waals surface area contributed by atoms with E-state index in [-0.39, 0.29) is 0 Å². The first-order chi connectivity index (χ1) is 12.3. The predicted molar refractivity (Wildman–Crippen MR) is 105 cm³/mol. The second-order valence-electron chi connectivity index (χ2n) is 7.26. The fraction of sp³-hybridized carbons (Fsp3) is 0.478. The van der Waals surface area contributed by atoms with E-state index in [0.717, 1.165) is 18.1 Å². The lowest BCUT2D eigenvalue weighted by Gasteiger charge is -2.32. The summed E-state index contributed by atoms with van der Waals surface area (Å²) in [5.74, 6) is 1.89. The molecule has 0 radical (unpaired) electrons. The van der Waals surface area contributed by atoms with Crippen LogP contribution in [0.15, 0.2) is 54.6 Å². The molecule has 1 heterocycles. The van der Waals surface area contributed by atoms with Crippen LogP contribution < -0.4 is 4.74 Å². The Hall–Kier alpha value is -1.80. The molecule has 0 N–H and O–H groups in total. The summed E-state index contributed by atoms with van der Waals surface area (Å²) in [5.41, 5.74) is 2.86. The molecule has 2 aromatic rings. The number of benzene rings is 2. The first-order valence-corrected chi connectivity index (χ1v) is 9.72. The maximum atomic E-state index is 5.32. The van der Waals surface area contributed by atoms with Gasteiger partial charge in [0.25, 0.3) is 0 Å². The molecule has 1 aliphatic rings. The number of ether oxygens (including phenoxy) is 1. The maximum absolute atomic E-state index is 5.32. The Morgan fingerprint density at radius 1 is 0.920 bits per heavy atom. The second kappa shape index (κ2) is 9.62. The molecule has 1 saturated heterocycles. The smallest absolute Gasteiger partial charge is 0.119 e. The van der Waals surface area contributed by atoms with Crippen molar-refractivity contribution in [3.05, 3.63) is 65.7 Å². The van der Waals surface area contributed by atoms with Gasteiger partial charge >= 0.3 is 0 Å². The number of nitrogens with zero attached hydrogens (tertiary/aromatic N) is 1. The van der Waals surface area contributed by atoms with E-state index in [1.165, 1.54) is 62.9 Å². The van der Waals surface area contributed by atoms with Crippen LogP contribution in [0.2, 0.25) is 0 Å². The van der Waals surface area contributed by atoms with E-state index in [1.807, 2.05) is 6.07 Å². The molecule has 0 atom stereocenters. The van der Waals surface area contributed by atoms with Gasteiger partial charge in [0.15, 0.2) is 0 Å². The molecule has 0 amide bonds. The molecule has 3 rings (SSSR count). The molecular weight excluding hydrogens is 306 g/mol. The van der Waals surface area contributed by atoms with Gasteiger partial charge in [-0.15, -0.1) is 0 Å². The molecule has 2 nitrogen and oxygen atoms in total. The van der Waals surface area contributed by atoms with Crippen molar-refractivity contribution in [1.29, 1.82) is 0 Å². The highest BCUT2D eigenvalue weighted by molar-refractivity contribution is 5.28. The SMILES string of the molecule is COc1cccc(CCN2CCC(CCCc3ccccc3)CC2)c1. The largest absolute Gasteiger partial charge is 0.497 e. The fourth-order valence-corrected chi connectivity index (χ4v) is 3.85. The third kappa shape index (κ3) is 5.89. The van der Waals surface area contributed by atoms with E-state index >= 15 is 0 Å². The zero-order chi connectivity index (χ0) is 17.3. The first-order valence-electron chi connectivity index (χ1n) is 9.72. The summed E-state index contributed by atoms with van der Waals surface area (Å²) in [5, 5.41) is 0. The van der Waals surface area contributed by atoms with Crippen LogP contribution in [0.4, 0.5) is 0 Å². The Morgan fingerprint density at radius 2 is 1.68 bits per heavy atom. The zero-order valence-electron chi connectivity index (χ0n) is 15.5. The molecular formula is C23H31NO. The standard InChI is InChI=1S/C23H31NO/c1-25-23-12-6-11-22(19-23)15-18-24-16-13-21(14-17-24)10-5-9-20-7-3-2-4-8-20/h2-4,6-8,11-12,19,21H,5,9-10,13-18H2,1H3. The Labute approximate surface area is 152 Å². The normalized spacial score (nSPS) is 16.0. The highest BCUT2D eigenvalue weighted by Gasteiger charge is 2.18. The lowest BCUT2D eigenvalue weighted by Crippen LogP contribution is -2.35. The third-order valence-corrected chi connectivity index (χ3v) is 5.48. The predicted octanol–water partition coefficient (Wildman–Crippen LogP) is 4.97. The van der Waals surface area contributed by atoms with Gasteiger partial charge in [0.2, 0.25) is 0 Å². The molecule has 1 aliphatic heterocycles. The topological polar surface area (TPSA) is 12.5 Å². The van der Waals surface area contributed by atoms with E-state index in [0.29, 0.717) is 0 Å². The monoisotopic (exact) mass is 337 g/mol. The van der Waals surface area contributed by atoms with Gasteiger partial charge in [0, 0.05) is 6.54 Å². The summed E-state index contributed by atoms with van der Waals surface area (Å²) in [6.45, 7) is 3.70. The Morgan fingerprint density at radius 3 is 2.44 bits per heavy atom. The highest BCUT2D eigenvalue weighted by Crippen LogP contribution is 2.23. The average molecular weight is 338 g/mol. The van der Waals surface area contributed by atoms with Crippen LogP contribution in [0.5, 0.6) is 5.75 Å². The Bertz CT molecular complexity index is 617. The average Bonchev–Trinajstić information content (AvgIpc) is 2.68. The van der Waals surface area contributed by atoms with Gasteiger partial charge in [0.1, 0.15) is 5.75 Å². The number of piperidine rings is 1. The van der Waals surface area contributed by atoms with Crippen LogP contribution in [0, 0.1) is 5.92 Å². The summed E-state index contributed by atoms with van der Waals surface area (Å²) in [4.78, 5) is 2.63. The lowest BCUT2D eigenvalue weighted by molar-refractivity contribution is 0.179. The molecule has 0 unspecified atom stereocenters. The number of rotatable bonds is 8. The molecule has 0 saturated carbocycles. The van der Waals surface area contributed by atoms with Crippen LogP contribution in [0.25, 0.3) is 0 Å². The van der Waals surface area contributed by atoms with Gasteiger partial charge < -0.3 is 9.64 Å². The molecule has 25 heavy (non-hydrogen) atoms. The number of hydrogen-bond donors (Lipinski definition) is 0. The van der Waals surface area contributed by atoms with Crippen molar-refractivity contribution in [1.82, 2.24) is 4.90 Å². The molecule has 134 valence electrons. The van der Waals surface area contributed by atoms with Gasteiger partial charge in [-0.05, 0) is 74.4 Å². The van der Waals surface area contributed by atoms with E-state index < -0.39 is 0 Å². The van der Waals surface area contributed by atoms with Crippen LogP contribution in [0.3, 0.4) is 0 Å². The Kier molecular flexibility index (Phi) is 6.93. The maximum Gasteiger partial charge on any atom is 0.119 e. The van der Waals surface area contributed by atoms with Crippen molar-refractivity contribution >= 4 is 0 Å². The zero-order valence-corrected chi connectivity index (χ0v) is 15.5.